The van der Waals surface area contributed by atoms with Crippen LogP contribution in [0.1, 0.15) is 60.6 Å². The first-order valence-electron chi connectivity index (χ1n) is 9.29. The zero-order valence-electron chi connectivity index (χ0n) is 16.4. The Kier molecular flexibility index (Phi) is 8.20. The van der Waals surface area contributed by atoms with E-state index in [0.717, 1.165) is 28.3 Å². The van der Waals surface area contributed by atoms with E-state index in [-0.39, 0.29) is 24.2 Å². The summed E-state index contributed by atoms with van der Waals surface area (Å²) in [6, 6.07) is 7.30. The molecule has 27 heavy (non-hydrogen) atoms. The lowest BCUT2D eigenvalue weighted by Gasteiger charge is -2.15. The maximum absolute atomic E-state index is 12.1. The van der Waals surface area contributed by atoms with Crippen molar-refractivity contribution in [2.45, 2.75) is 46.6 Å². The highest BCUT2D eigenvalue weighted by atomic mass is 35.5. The Bertz CT molecular complexity index is 755. The first-order chi connectivity index (χ1) is 12.9. The molecule has 0 saturated heterocycles. The fraction of sp³-hybridized carbons (Fsp3) is 0.476. The van der Waals surface area contributed by atoms with E-state index < -0.39 is 0 Å². The summed E-state index contributed by atoms with van der Waals surface area (Å²) in [4.78, 5) is 12.1. The second kappa shape index (κ2) is 10.4. The van der Waals surface area contributed by atoms with E-state index in [1.165, 1.54) is 0 Å². The second-order valence-corrected chi connectivity index (χ2v) is 7.06. The van der Waals surface area contributed by atoms with Gasteiger partial charge in [-0.2, -0.15) is 0 Å². The molecule has 1 N–H and O–H groups in total. The van der Waals surface area contributed by atoms with Crippen LogP contribution >= 0.6 is 11.6 Å². The van der Waals surface area contributed by atoms with E-state index in [1.54, 1.807) is 12.1 Å². The van der Waals surface area contributed by atoms with Crippen molar-refractivity contribution < 1.29 is 18.7 Å². The third kappa shape index (κ3) is 6.29. The molecule has 5 nitrogen and oxygen atoms in total. The molecule has 1 amide bonds. The number of aryl methyl sites for hydroxylation is 1. The molecule has 2 aromatic rings. The van der Waals surface area contributed by atoms with Gasteiger partial charge in [-0.15, -0.1) is 0 Å². The lowest BCUT2D eigenvalue weighted by molar-refractivity contribution is 0.0912. The van der Waals surface area contributed by atoms with Gasteiger partial charge in [-0.05, 0) is 61.6 Å². The van der Waals surface area contributed by atoms with Crippen LogP contribution in [-0.4, -0.2) is 25.7 Å². The van der Waals surface area contributed by atoms with Crippen LogP contribution in [0.2, 0.25) is 5.02 Å². The van der Waals surface area contributed by atoms with Crippen molar-refractivity contribution in [1.82, 2.24) is 5.32 Å². The number of hydrogen-bond donors (Lipinski definition) is 1. The molecule has 2 rings (SSSR count). The summed E-state index contributed by atoms with van der Waals surface area (Å²) in [5.41, 5.74) is 2.01. The minimum absolute atomic E-state index is 0.233. The number of halogens is 1. The Morgan fingerprint density at radius 1 is 1.30 bits per heavy atom. The molecule has 0 fully saturated rings. The Labute approximate surface area is 166 Å². The smallest absolute Gasteiger partial charge is 0.286 e. The Balaban J connectivity index is 1.93. The Hall–Kier alpha value is -1.98. The molecule has 0 atom stereocenters. The van der Waals surface area contributed by atoms with Crippen molar-refractivity contribution in [2.24, 2.45) is 0 Å². The van der Waals surface area contributed by atoms with Crippen LogP contribution in [0, 0.1) is 6.92 Å². The number of benzene rings is 1. The number of furan rings is 1. The fourth-order valence-corrected chi connectivity index (χ4v) is 2.75. The molecule has 0 bridgehead atoms. The lowest BCUT2D eigenvalue weighted by atomic mass is 10.0. The molecule has 1 heterocycles. The van der Waals surface area contributed by atoms with Crippen molar-refractivity contribution in [3.05, 3.63) is 51.9 Å². The normalized spacial score (nSPS) is 11.0. The molecule has 0 radical (unpaired) electrons. The maximum atomic E-state index is 12.1. The van der Waals surface area contributed by atoms with Crippen LogP contribution in [-0.2, 0) is 11.3 Å². The number of nitrogens with one attached hydrogen (secondary N) is 1. The number of carbonyl (C=O) groups is 1. The van der Waals surface area contributed by atoms with Gasteiger partial charge in [-0.25, -0.2) is 0 Å². The van der Waals surface area contributed by atoms with Gasteiger partial charge in [0.25, 0.3) is 5.91 Å². The van der Waals surface area contributed by atoms with Gasteiger partial charge in [0.05, 0.1) is 0 Å². The molecule has 1 aromatic heterocycles. The SMILES string of the molecule is CCOCCCNC(=O)c1ccc(COc2cc(C)c(Cl)cc2C(C)C)o1. The van der Waals surface area contributed by atoms with Crippen LogP contribution in [0.25, 0.3) is 0 Å². The molecular weight excluding hydrogens is 366 g/mol. The number of amides is 1. The van der Waals surface area contributed by atoms with Gasteiger partial charge in [0, 0.05) is 24.8 Å². The third-order valence-corrected chi connectivity index (χ3v) is 4.53. The minimum Gasteiger partial charge on any atom is -0.485 e. The zero-order chi connectivity index (χ0) is 19.8. The second-order valence-electron chi connectivity index (χ2n) is 6.65. The van der Waals surface area contributed by atoms with Gasteiger partial charge in [0.1, 0.15) is 18.1 Å². The molecule has 0 unspecified atom stereocenters. The first-order valence-corrected chi connectivity index (χ1v) is 9.67. The summed E-state index contributed by atoms with van der Waals surface area (Å²) in [5.74, 6) is 1.71. The number of rotatable bonds is 10. The maximum Gasteiger partial charge on any atom is 0.286 e. The van der Waals surface area contributed by atoms with Crippen LogP contribution in [0.3, 0.4) is 0 Å². The predicted octanol–water partition coefficient (Wildman–Crippen LogP) is 5.10. The van der Waals surface area contributed by atoms with Crippen molar-refractivity contribution in [2.75, 3.05) is 19.8 Å². The minimum atomic E-state index is -0.233. The number of hydrogen-bond acceptors (Lipinski definition) is 4. The molecule has 1 aromatic carbocycles. The van der Waals surface area contributed by atoms with Gasteiger partial charge >= 0.3 is 0 Å². The number of carbonyl (C=O) groups excluding carboxylic acids is 1. The van der Waals surface area contributed by atoms with E-state index in [4.69, 9.17) is 25.5 Å². The highest BCUT2D eigenvalue weighted by Gasteiger charge is 2.14. The van der Waals surface area contributed by atoms with E-state index in [2.05, 4.69) is 19.2 Å². The van der Waals surface area contributed by atoms with E-state index in [1.807, 2.05) is 26.0 Å². The van der Waals surface area contributed by atoms with Crippen LogP contribution < -0.4 is 10.1 Å². The summed E-state index contributed by atoms with van der Waals surface area (Å²) < 4.78 is 16.8. The molecule has 148 valence electrons. The number of ether oxygens (including phenoxy) is 2. The van der Waals surface area contributed by atoms with E-state index in [0.29, 0.717) is 25.5 Å². The summed E-state index contributed by atoms with van der Waals surface area (Å²) in [7, 11) is 0. The third-order valence-electron chi connectivity index (χ3n) is 4.12. The summed E-state index contributed by atoms with van der Waals surface area (Å²) in [6.07, 6.45) is 0.768. The van der Waals surface area contributed by atoms with E-state index >= 15 is 0 Å². The molecule has 0 aliphatic carbocycles. The summed E-state index contributed by atoms with van der Waals surface area (Å²) in [6.45, 7) is 10.2. The van der Waals surface area contributed by atoms with Gasteiger partial charge in [0.15, 0.2) is 5.76 Å². The molecule has 0 aliphatic rings. The van der Waals surface area contributed by atoms with Crippen molar-refractivity contribution >= 4 is 17.5 Å². The monoisotopic (exact) mass is 393 g/mol. The highest BCUT2D eigenvalue weighted by Crippen LogP contribution is 2.32. The van der Waals surface area contributed by atoms with Crippen LogP contribution in [0.4, 0.5) is 0 Å². The fourth-order valence-electron chi connectivity index (χ4n) is 2.58. The van der Waals surface area contributed by atoms with Crippen molar-refractivity contribution in [3.8, 4) is 5.75 Å². The first kappa shape index (κ1) is 21.3. The standard InChI is InChI=1S/C21H28ClNO4/c1-5-25-10-6-9-23-21(24)19-8-7-16(27-19)13-26-20-11-15(4)18(22)12-17(20)14(2)3/h7-8,11-12,14H,5-6,9-10,13H2,1-4H3,(H,23,24). The van der Waals surface area contributed by atoms with Crippen molar-refractivity contribution in [3.63, 3.8) is 0 Å². The van der Waals surface area contributed by atoms with E-state index in [9.17, 15) is 4.79 Å². The van der Waals surface area contributed by atoms with Crippen molar-refractivity contribution in [1.29, 1.82) is 0 Å². The molecule has 0 spiro atoms. The summed E-state index contributed by atoms with van der Waals surface area (Å²) in [5, 5.41) is 3.54. The summed E-state index contributed by atoms with van der Waals surface area (Å²) >= 11 is 6.23. The average molecular weight is 394 g/mol. The van der Waals surface area contributed by atoms with Gasteiger partial charge in [-0.1, -0.05) is 25.4 Å². The quantitative estimate of drug-likeness (QED) is 0.570. The van der Waals surface area contributed by atoms with Gasteiger partial charge in [0.2, 0.25) is 0 Å². The highest BCUT2D eigenvalue weighted by molar-refractivity contribution is 6.31. The molecular formula is C21H28ClNO4. The van der Waals surface area contributed by atoms with Crippen LogP contribution in [0.5, 0.6) is 5.75 Å². The molecule has 6 heteroatoms. The topological polar surface area (TPSA) is 60.7 Å². The molecule has 0 aliphatic heterocycles. The zero-order valence-corrected chi connectivity index (χ0v) is 17.2. The Morgan fingerprint density at radius 2 is 2.07 bits per heavy atom. The lowest BCUT2D eigenvalue weighted by Crippen LogP contribution is -2.24. The van der Waals surface area contributed by atoms with Gasteiger partial charge < -0.3 is 19.2 Å². The predicted molar refractivity (Wildman–Crippen MR) is 107 cm³/mol. The largest absolute Gasteiger partial charge is 0.485 e. The van der Waals surface area contributed by atoms with Crippen LogP contribution in [0.15, 0.2) is 28.7 Å². The molecule has 0 saturated carbocycles. The Morgan fingerprint density at radius 3 is 2.78 bits per heavy atom. The van der Waals surface area contributed by atoms with Gasteiger partial charge in [-0.3, -0.25) is 4.79 Å². The average Bonchev–Trinajstić information content (AvgIpc) is 3.11.